The summed E-state index contributed by atoms with van der Waals surface area (Å²) in [6.45, 7) is 2.39. The monoisotopic (exact) mass is 316 g/mol. The van der Waals surface area contributed by atoms with E-state index in [0.717, 1.165) is 32.1 Å². The fourth-order valence-corrected chi connectivity index (χ4v) is 2.49. The Bertz CT molecular complexity index is 432. The van der Waals surface area contributed by atoms with Gasteiger partial charge in [0.15, 0.2) is 5.82 Å². The number of nitrogens with one attached hydrogen (secondary N) is 2. The van der Waals surface area contributed by atoms with Gasteiger partial charge < -0.3 is 15.2 Å². The Balaban J connectivity index is 0.00000220. The van der Waals surface area contributed by atoms with Crippen molar-refractivity contribution in [3.8, 4) is 0 Å². The second-order valence-electron chi connectivity index (χ2n) is 5.55. The molecule has 0 bridgehead atoms. The van der Waals surface area contributed by atoms with Crippen molar-refractivity contribution in [1.29, 1.82) is 0 Å². The first-order valence-corrected chi connectivity index (χ1v) is 7.45. The summed E-state index contributed by atoms with van der Waals surface area (Å²) >= 11 is 0. The molecule has 1 atom stereocenters. The first-order chi connectivity index (χ1) is 9.69. The van der Waals surface area contributed by atoms with Crippen molar-refractivity contribution in [1.82, 2.24) is 20.8 Å². The number of hydrogen-bond donors (Lipinski definition) is 2. The molecule has 0 saturated heterocycles. The van der Waals surface area contributed by atoms with E-state index in [1.54, 1.807) is 0 Å². The lowest BCUT2D eigenvalue weighted by atomic mass is 9.89. The molecule has 1 fully saturated rings. The molecule has 21 heavy (non-hydrogen) atoms. The van der Waals surface area contributed by atoms with Gasteiger partial charge in [0.25, 0.3) is 0 Å². The number of amides is 1. The van der Waals surface area contributed by atoms with Crippen LogP contribution in [0.3, 0.4) is 0 Å². The molecule has 1 aliphatic rings. The highest BCUT2D eigenvalue weighted by molar-refractivity contribution is 5.85. The largest absolute Gasteiger partial charge is 0.347 e. The lowest BCUT2D eigenvalue weighted by Gasteiger charge is -2.20. The van der Waals surface area contributed by atoms with E-state index in [1.165, 1.54) is 6.42 Å². The van der Waals surface area contributed by atoms with Gasteiger partial charge in [-0.1, -0.05) is 24.4 Å². The van der Waals surface area contributed by atoms with Crippen LogP contribution in [0.2, 0.25) is 0 Å². The van der Waals surface area contributed by atoms with Crippen LogP contribution in [-0.4, -0.2) is 29.1 Å². The van der Waals surface area contributed by atoms with E-state index in [9.17, 15) is 4.79 Å². The van der Waals surface area contributed by atoms with Gasteiger partial charge in [-0.15, -0.1) is 12.4 Å². The molecule has 1 aliphatic carbocycles. The first kappa shape index (κ1) is 17.9. The van der Waals surface area contributed by atoms with Crippen LogP contribution in [0.5, 0.6) is 0 Å². The lowest BCUT2D eigenvalue weighted by molar-refractivity contribution is -0.126. The van der Waals surface area contributed by atoms with Crippen molar-refractivity contribution in [2.45, 2.75) is 58.0 Å². The third kappa shape index (κ3) is 5.63. The van der Waals surface area contributed by atoms with E-state index in [1.807, 2.05) is 7.05 Å². The second-order valence-corrected chi connectivity index (χ2v) is 5.55. The van der Waals surface area contributed by atoms with Crippen molar-refractivity contribution >= 4 is 18.3 Å². The maximum atomic E-state index is 12.0. The molecule has 0 aliphatic heterocycles. The van der Waals surface area contributed by atoms with Gasteiger partial charge in [0.2, 0.25) is 11.8 Å². The van der Waals surface area contributed by atoms with Crippen molar-refractivity contribution < 1.29 is 9.32 Å². The van der Waals surface area contributed by atoms with E-state index < -0.39 is 0 Å². The van der Waals surface area contributed by atoms with Crippen molar-refractivity contribution in [3.63, 3.8) is 0 Å². The molecular formula is C14H25ClN4O2. The normalized spacial score (nSPS) is 17.0. The molecule has 1 aromatic rings. The molecule has 7 heteroatoms. The SMILES string of the molecule is CNC(C)Cc1noc(CNC(=O)C2CCCCC2)n1.Cl. The van der Waals surface area contributed by atoms with Gasteiger partial charge in [0.1, 0.15) is 0 Å². The van der Waals surface area contributed by atoms with Crippen LogP contribution in [0.1, 0.15) is 50.7 Å². The Morgan fingerprint density at radius 3 is 2.76 bits per heavy atom. The number of carbonyl (C=O) groups is 1. The smallest absolute Gasteiger partial charge is 0.246 e. The molecule has 1 amide bonds. The summed E-state index contributed by atoms with van der Waals surface area (Å²) in [4.78, 5) is 16.3. The van der Waals surface area contributed by atoms with Gasteiger partial charge in [0, 0.05) is 18.4 Å². The summed E-state index contributed by atoms with van der Waals surface area (Å²) in [6.07, 6.45) is 6.29. The molecule has 1 unspecified atom stereocenters. The number of halogens is 1. The highest BCUT2D eigenvalue weighted by Gasteiger charge is 2.21. The Morgan fingerprint density at radius 2 is 2.10 bits per heavy atom. The zero-order chi connectivity index (χ0) is 14.4. The minimum atomic E-state index is 0. The Labute approximate surface area is 131 Å². The zero-order valence-electron chi connectivity index (χ0n) is 12.7. The molecule has 1 aromatic heterocycles. The molecule has 1 heterocycles. The number of likely N-dealkylation sites (N-methyl/N-ethyl adjacent to an activating group) is 1. The number of rotatable bonds is 6. The fourth-order valence-electron chi connectivity index (χ4n) is 2.49. The Kier molecular flexibility index (Phi) is 7.67. The highest BCUT2D eigenvalue weighted by atomic mass is 35.5. The maximum absolute atomic E-state index is 12.0. The predicted molar refractivity (Wildman–Crippen MR) is 82.2 cm³/mol. The quantitative estimate of drug-likeness (QED) is 0.837. The summed E-state index contributed by atoms with van der Waals surface area (Å²) in [5.41, 5.74) is 0. The van der Waals surface area contributed by atoms with Crippen LogP contribution in [0.4, 0.5) is 0 Å². The Morgan fingerprint density at radius 1 is 1.38 bits per heavy atom. The van der Waals surface area contributed by atoms with E-state index in [2.05, 4.69) is 27.7 Å². The Hall–Kier alpha value is -1.14. The van der Waals surface area contributed by atoms with Crippen LogP contribution in [-0.2, 0) is 17.8 Å². The molecule has 2 N–H and O–H groups in total. The van der Waals surface area contributed by atoms with E-state index in [4.69, 9.17) is 4.52 Å². The minimum Gasteiger partial charge on any atom is -0.347 e. The summed E-state index contributed by atoms with van der Waals surface area (Å²) in [5.74, 6) is 1.43. The summed E-state index contributed by atoms with van der Waals surface area (Å²) < 4.78 is 5.14. The molecule has 1 saturated carbocycles. The predicted octanol–water partition coefficient (Wildman–Crippen LogP) is 1.84. The third-order valence-corrected chi connectivity index (χ3v) is 3.88. The summed E-state index contributed by atoms with van der Waals surface area (Å²) in [6, 6.07) is 0.303. The fraction of sp³-hybridized carbons (Fsp3) is 0.786. The molecule has 6 nitrogen and oxygen atoms in total. The zero-order valence-corrected chi connectivity index (χ0v) is 13.5. The number of carbonyl (C=O) groups excluding carboxylic acids is 1. The molecule has 0 spiro atoms. The number of aromatic nitrogens is 2. The summed E-state index contributed by atoms with van der Waals surface area (Å²) in [7, 11) is 1.90. The minimum absolute atomic E-state index is 0. The van der Waals surface area contributed by atoms with Gasteiger partial charge in [-0.05, 0) is 26.8 Å². The van der Waals surface area contributed by atoms with Crippen molar-refractivity contribution in [2.75, 3.05) is 7.05 Å². The summed E-state index contributed by atoms with van der Waals surface area (Å²) in [5, 5.41) is 9.94. The average molecular weight is 317 g/mol. The number of hydrogen-bond acceptors (Lipinski definition) is 5. The lowest BCUT2D eigenvalue weighted by Crippen LogP contribution is -2.31. The molecule has 2 rings (SSSR count). The molecule has 120 valence electrons. The van der Waals surface area contributed by atoms with Crippen LogP contribution in [0, 0.1) is 5.92 Å². The van der Waals surface area contributed by atoms with Crippen molar-refractivity contribution in [3.05, 3.63) is 11.7 Å². The standard InChI is InChI=1S/C14H24N4O2.ClH/c1-10(15-2)8-12-17-13(20-18-12)9-16-14(19)11-6-4-3-5-7-11;/h10-11,15H,3-9H2,1-2H3,(H,16,19);1H. The highest BCUT2D eigenvalue weighted by Crippen LogP contribution is 2.23. The maximum Gasteiger partial charge on any atom is 0.246 e. The third-order valence-electron chi connectivity index (χ3n) is 3.88. The molecule has 0 radical (unpaired) electrons. The van der Waals surface area contributed by atoms with Crippen LogP contribution in [0.15, 0.2) is 4.52 Å². The van der Waals surface area contributed by atoms with Gasteiger partial charge >= 0.3 is 0 Å². The molecular weight excluding hydrogens is 292 g/mol. The van der Waals surface area contributed by atoms with Crippen LogP contribution in [0.25, 0.3) is 0 Å². The average Bonchev–Trinajstić information content (AvgIpc) is 2.93. The van der Waals surface area contributed by atoms with E-state index in [0.29, 0.717) is 24.3 Å². The molecule has 0 aromatic carbocycles. The van der Waals surface area contributed by atoms with E-state index in [-0.39, 0.29) is 24.2 Å². The van der Waals surface area contributed by atoms with Crippen LogP contribution >= 0.6 is 12.4 Å². The van der Waals surface area contributed by atoms with Gasteiger partial charge in [-0.3, -0.25) is 4.79 Å². The second kappa shape index (κ2) is 9.00. The van der Waals surface area contributed by atoms with Crippen LogP contribution < -0.4 is 10.6 Å². The van der Waals surface area contributed by atoms with Crippen molar-refractivity contribution in [2.24, 2.45) is 5.92 Å². The van der Waals surface area contributed by atoms with Gasteiger partial charge in [-0.2, -0.15) is 4.98 Å². The first-order valence-electron chi connectivity index (χ1n) is 7.45. The van der Waals surface area contributed by atoms with E-state index >= 15 is 0 Å². The number of nitrogens with zero attached hydrogens (tertiary/aromatic N) is 2. The van der Waals surface area contributed by atoms with Gasteiger partial charge in [0.05, 0.1) is 6.54 Å². The van der Waals surface area contributed by atoms with Gasteiger partial charge in [-0.25, -0.2) is 0 Å². The topological polar surface area (TPSA) is 80.0 Å².